The summed E-state index contributed by atoms with van der Waals surface area (Å²) in [5.41, 5.74) is 1.77. The fourth-order valence-electron chi connectivity index (χ4n) is 3.36. The molecular formula is C22H21Cl2N3O5. The minimum atomic E-state index is -0.833. The lowest BCUT2D eigenvalue weighted by molar-refractivity contribution is -0.160. The van der Waals surface area contributed by atoms with Gasteiger partial charge < -0.3 is 19.2 Å². The molecule has 1 amide bonds. The summed E-state index contributed by atoms with van der Waals surface area (Å²) in [4.78, 5) is 23.5. The summed E-state index contributed by atoms with van der Waals surface area (Å²) in [5, 5.41) is 16.5. The average Bonchev–Trinajstić information content (AvgIpc) is 3.14. The lowest BCUT2D eigenvalue weighted by atomic mass is 9.92. The van der Waals surface area contributed by atoms with Gasteiger partial charge in [-0.05, 0) is 35.4 Å². The monoisotopic (exact) mass is 477 g/mol. The van der Waals surface area contributed by atoms with Crippen molar-refractivity contribution in [1.29, 1.82) is 0 Å². The van der Waals surface area contributed by atoms with Crippen LogP contribution in [-0.4, -0.2) is 38.7 Å². The summed E-state index contributed by atoms with van der Waals surface area (Å²) in [7, 11) is 0. The number of carbonyl (C=O) groups excluding carboxylic acids is 1. The fourth-order valence-corrected chi connectivity index (χ4v) is 3.69. The molecule has 8 nitrogen and oxygen atoms in total. The Morgan fingerprint density at radius 1 is 1.12 bits per heavy atom. The molecule has 0 bridgehead atoms. The Bertz CT molecular complexity index is 1080. The summed E-state index contributed by atoms with van der Waals surface area (Å²) in [6.45, 7) is 2.94. The first kappa shape index (κ1) is 23.7. The number of nitrogens with zero attached hydrogens (tertiary/aromatic N) is 3. The Labute approximate surface area is 194 Å². The van der Waals surface area contributed by atoms with Crippen molar-refractivity contribution in [3.8, 4) is 0 Å². The number of carboxylic acids is 1. The van der Waals surface area contributed by atoms with Gasteiger partial charge in [0, 0.05) is 23.9 Å². The van der Waals surface area contributed by atoms with Crippen LogP contribution in [0, 0.1) is 6.92 Å². The van der Waals surface area contributed by atoms with Crippen molar-refractivity contribution in [2.24, 2.45) is 0 Å². The van der Waals surface area contributed by atoms with Crippen molar-refractivity contribution in [1.82, 2.24) is 15.1 Å². The van der Waals surface area contributed by atoms with E-state index in [-0.39, 0.29) is 19.1 Å². The molecule has 1 aliphatic heterocycles. The molecule has 1 aromatic heterocycles. The minimum Gasteiger partial charge on any atom is -0.481 e. The number of hydrogen-bond acceptors (Lipinski definition) is 6. The third kappa shape index (κ3) is 6.06. The number of rotatable bonds is 4. The molecule has 2 atom stereocenters. The predicted octanol–water partition coefficient (Wildman–Crippen LogP) is 4.62. The number of aromatic nitrogens is 2. The second-order valence-electron chi connectivity index (χ2n) is 7.04. The molecule has 0 saturated carbocycles. The van der Waals surface area contributed by atoms with Crippen LogP contribution >= 0.6 is 23.2 Å². The Kier molecular flexibility index (Phi) is 7.84. The van der Waals surface area contributed by atoms with Gasteiger partial charge in [-0.25, -0.2) is 0 Å². The first-order valence-corrected chi connectivity index (χ1v) is 10.4. The molecule has 0 aliphatic carbocycles. The van der Waals surface area contributed by atoms with E-state index in [1.165, 1.54) is 0 Å². The average molecular weight is 478 g/mol. The van der Waals surface area contributed by atoms with E-state index in [2.05, 4.69) is 10.2 Å². The summed E-state index contributed by atoms with van der Waals surface area (Å²) in [6.07, 6.45) is -0.401. The lowest BCUT2D eigenvalue weighted by Gasteiger charge is -2.41. The molecule has 10 heteroatoms. The van der Waals surface area contributed by atoms with Crippen LogP contribution in [0.5, 0.6) is 0 Å². The van der Waals surface area contributed by atoms with Gasteiger partial charge in [-0.3, -0.25) is 9.59 Å². The molecule has 1 N–H and O–H groups in total. The summed E-state index contributed by atoms with van der Waals surface area (Å²) in [5.74, 6) is -0.171. The summed E-state index contributed by atoms with van der Waals surface area (Å²) < 4.78 is 11.5. The predicted molar refractivity (Wildman–Crippen MR) is 117 cm³/mol. The normalized spacial score (nSPS) is 18.1. The number of aryl methyl sites for hydroxylation is 1. The SMILES string of the molecule is CC(=O)O.Cc1nnc(CN2C(=O)COC(c3cccc(Cl)c3)C2c2ccc(Cl)cc2)o1. The van der Waals surface area contributed by atoms with Crippen LogP contribution < -0.4 is 0 Å². The van der Waals surface area contributed by atoms with Crippen molar-refractivity contribution in [3.05, 3.63) is 81.5 Å². The molecule has 2 heterocycles. The van der Waals surface area contributed by atoms with Crippen LogP contribution in [0.4, 0.5) is 0 Å². The van der Waals surface area contributed by atoms with Gasteiger partial charge in [-0.1, -0.05) is 47.5 Å². The highest BCUT2D eigenvalue weighted by Crippen LogP contribution is 2.41. The van der Waals surface area contributed by atoms with Gasteiger partial charge in [0.25, 0.3) is 5.97 Å². The highest BCUT2D eigenvalue weighted by molar-refractivity contribution is 6.30. The Balaban J connectivity index is 0.000000668. The zero-order valence-corrected chi connectivity index (χ0v) is 18.9. The zero-order valence-electron chi connectivity index (χ0n) is 17.4. The molecule has 2 unspecified atom stereocenters. The maximum absolute atomic E-state index is 12.8. The van der Waals surface area contributed by atoms with Crippen LogP contribution in [-0.2, 0) is 20.9 Å². The summed E-state index contributed by atoms with van der Waals surface area (Å²) >= 11 is 12.2. The van der Waals surface area contributed by atoms with Crippen LogP contribution in [0.2, 0.25) is 10.0 Å². The number of amides is 1. The number of hydrogen-bond donors (Lipinski definition) is 1. The number of ether oxygens (including phenoxy) is 1. The van der Waals surface area contributed by atoms with Gasteiger partial charge in [-0.15, -0.1) is 10.2 Å². The van der Waals surface area contributed by atoms with Gasteiger partial charge in [0.15, 0.2) is 0 Å². The zero-order chi connectivity index (χ0) is 23.3. The largest absolute Gasteiger partial charge is 0.481 e. The standard InChI is InChI=1S/C20H17Cl2N3O3.C2H4O2/c1-12-23-24-17(28-12)10-25-18(26)11-27-20(14-3-2-4-16(22)9-14)19(25)13-5-7-15(21)8-6-13;1-2(3)4/h2-9,19-20H,10-11H2,1H3;1H3,(H,3,4). The van der Waals surface area contributed by atoms with Crippen LogP contribution in [0.25, 0.3) is 0 Å². The van der Waals surface area contributed by atoms with Crippen molar-refractivity contribution in [3.63, 3.8) is 0 Å². The minimum absolute atomic E-state index is 0.0472. The van der Waals surface area contributed by atoms with E-state index in [9.17, 15) is 4.79 Å². The van der Waals surface area contributed by atoms with Gasteiger partial charge >= 0.3 is 0 Å². The topological polar surface area (TPSA) is 106 Å². The molecule has 32 heavy (non-hydrogen) atoms. The maximum atomic E-state index is 12.8. The molecule has 0 radical (unpaired) electrons. The number of morpholine rings is 1. The van der Waals surface area contributed by atoms with Gasteiger partial charge in [0.1, 0.15) is 12.7 Å². The number of carboxylic acid groups (broad SMARTS) is 1. The van der Waals surface area contributed by atoms with E-state index >= 15 is 0 Å². The molecule has 1 saturated heterocycles. The van der Waals surface area contributed by atoms with E-state index in [0.717, 1.165) is 18.1 Å². The molecule has 168 valence electrons. The molecule has 3 aromatic rings. The Morgan fingerprint density at radius 2 is 1.81 bits per heavy atom. The third-order valence-corrected chi connectivity index (χ3v) is 5.08. The molecule has 1 aliphatic rings. The van der Waals surface area contributed by atoms with Crippen molar-refractivity contribution in [2.45, 2.75) is 32.5 Å². The Morgan fingerprint density at radius 3 is 2.41 bits per heavy atom. The third-order valence-electron chi connectivity index (χ3n) is 4.59. The number of benzene rings is 2. The van der Waals surface area contributed by atoms with E-state index in [0.29, 0.717) is 21.8 Å². The van der Waals surface area contributed by atoms with Crippen molar-refractivity contribution in [2.75, 3.05) is 6.61 Å². The molecule has 0 spiro atoms. The van der Waals surface area contributed by atoms with Crippen LogP contribution in [0.1, 0.15) is 42.0 Å². The fraction of sp³-hybridized carbons (Fsp3) is 0.273. The highest BCUT2D eigenvalue weighted by atomic mass is 35.5. The molecule has 4 rings (SSSR count). The highest BCUT2D eigenvalue weighted by Gasteiger charge is 2.39. The molecular weight excluding hydrogens is 457 g/mol. The number of halogens is 2. The van der Waals surface area contributed by atoms with E-state index in [1.54, 1.807) is 30.0 Å². The van der Waals surface area contributed by atoms with Crippen molar-refractivity contribution >= 4 is 35.1 Å². The van der Waals surface area contributed by atoms with E-state index < -0.39 is 18.1 Å². The van der Waals surface area contributed by atoms with Gasteiger partial charge in [0.2, 0.25) is 17.7 Å². The van der Waals surface area contributed by atoms with Gasteiger partial charge in [0.05, 0.1) is 12.6 Å². The Hall–Kier alpha value is -2.94. The smallest absolute Gasteiger partial charge is 0.300 e. The maximum Gasteiger partial charge on any atom is 0.300 e. The summed E-state index contributed by atoms with van der Waals surface area (Å²) in [6, 6.07) is 14.4. The van der Waals surface area contributed by atoms with Crippen LogP contribution in [0.15, 0.2) is 52.9 Å². The van der Waals surface area contributed by atoms with Crippen molar-refractivity contribution < 1.29 is 23.8 Å². The first-order valence-electron chi connectivity index (χ1n) is 9.65. The number of aliphatic carboxylic acids is 1. The van der Waals surface area contributed by atoms with Gasteiger partial charge in [-0.2, -0.15) is 0 Å². The quantitative estimate of drug-likeness (QED) is 0.584. The van der Waals surface area contributed by atoms with E-state index in [1.807, 2.05) is 30.3 Å². The number of carbonyl (C=O) groups is 2. The second kappa shape index (κ2) is 10.6. The lowest BCUT2D eigenvalue weighted by Crippen LogP contribution is -2.45. The molecule has 1 fully saturated rings. The van der Waals surface area contributed by atoms with Crippen LogP contribution in [0.3, 0.4) is 0 Å². The van der Waals surface area contributed by atoms with E-state index in [4.69, 9.17) is 42.3 Å². The first-order chi connectivity index (χ1) is 15.2. The molecule has 2 aromatic carbocycles. The second-order valence-corrected chi connectivity index (χ2v) is 7.91.